The maximum atomic E-state index is 7.17. The third-order valence-electron chi connectivity index (χ3n) is 8.57. The van der Waals surface area contributed by atoms with Crippen molar-refractivity contribution in [2.45, 2.75) is 41.5 Å². The van der Waals surface area contributed by atoms with Crippen molar-refractivity contribution in [1.29, 1.82) is 0 Å². The van der Waals surface area contributed by atoms with E-state index >= 15 is 0 Å². The molecule has 0 saturated carbocycles. The van der Waals surface area contributed by atoms with Crippen LogP contribution in [0.25, 0.3) is 0 Å². The Morgan fingerprint density at radius 1 is 0.444 bits per heavy atom. The van der Waals surface area contributed by atoms with Crippen LogP contribution in [0.1, 0.15) is 33.4 Å². The third-order valence-corrected chi connectivity index (χ3v) is 18.5. The molecule has 2 N–H and O–H groups in total. The van der Waals surface area contributed by atoms with Gasteiger partial charge in [0.2, 0.25) is 0 Å². The molecule has 1 heterocycles. The second-order valence-corrected chi connectivity index (χ2v) is 20.7. The number of rotatable bonds is 12. The van der Waals surface area contributed by atoms with E-state index in [4.69, 9.17) is 31.7 Å². The van der Waals surface area contributed by atoms with Gasteiger partial charge < -0.3 is 0 Å². The number of para-hydroxylation sites is 3. The van der Waals surface area contributed by atoms with Crippen LogP contribution >= 0.6 is 23.7 Å². The summed E-state index contributed by atoms with van der Waals surface area (Å²) in [7, 11) is -12.2. The predicted molar refractivity (Wildman–Crippen MR) is 223 cm³/mol. The van der Waals surface area contributed by atoms with Gasteiger partial charge in [0.25, 0.3) is 0 Å². The molecular formula is C42H46N3O6P3. The predicted octanol–water partition coefficient (Wildman–Crippen LogP) is 12.3. The Morgan fingerprint density at radius 2 is 0.889 bits per heavy atom. The number of nitrogens with one attached hydrogen (secondary N) is 2. The van der Waals surface area contributed by atoms with Crippen LogP contribution in [0, 0.1) is 41.5 Å². The van der Waals surface area contributed by atoms with Crippen molar-refractivity contribution in [3.05, 3.63) is 179 Å². The van der Waals surface area contributed by atoms with Gasteiger partial charge in [-0.3, -0.25) is 0 Å². The number of nitrogens with zero attached hydrogens (tertiary/aromatic N) is 1. The number of hydrogen-bond acceptors (Lipinski definition) is 9. The zero-order valence-electron chi connectivity index (χ0n) is 31.2. The quantitative estimate of drug-likeness (QED) is 0.119. The van der Waals surface area contributed by atoms with Crippen molar-refractivity contribution in [3.8, 4) is 34.5 Å². The first kappa shape index (κ1) is 37.4. The van der Waals surface area contributed by atoms with Gasteiger partial charge in [0, 0.05) is 0 Å². The van der Waals surface area contributed by atoms with Gasteiger partial charge >= 0.3 is 320 Å². The van der Waals surface area contributed by atoms with Gasteiger partial charge in [0.1, 0.15) is 0 Å². The first-order valence-corrected chi connectivity index (χ1v) is 22.9. The van der Waals surface area contributed by atoms with Crippen LogP contribution in [-0.4, -0.2) is 0 Å². The molecule has 0 aliphatic carbocycles. The molecule has 6 aromatic carbocycles. The zero-order chi connectivity index (χ0) is 37.8. The van der Waals surface area contributed by atoms with E-state index in [2.05, 4.69) is 27.9 Å². The molecule has 280 valence electrons. The Bertz CT molecular complexity index is 2300. The van der Waals surface area contributed by atoms with Crippen LogP contribution in [0.2, 0.25) is 0 Å². The number of hydrogen-bond donors (Lipinski definition) is 2. The maximum absolute atomic E-state index is 7.17. The van der Waals surface area contributed by atoms with E-state index in [0.717, 1.165) is 33.4 Å². The molecule has 9 nitrogen and oxygen atoms in total. The SMILES string of the molecule is Cc1ccc(OP2(Oc3ccccc3)=N[PH](Oc3ccccc3)(Oc3ccc(C)cc3C)N[PH](Oc3ccccc3)(Oc3ccc(C)cc3C)N2)c(C)c1. The molecule has 1 unspecified atom stereocenters. The van der Waals surface area contributed by atoms with Gasteiger partial charge in [-0.1, -0.05) is 0 Å². The van der Waals surface area contributed by atoms with E-state index in [1.165, 1.54) is 0 Å². The summed E-state index contributed by atoms with van der Waals surface area (Å²) in [4.78, 5) is 7.35. The van der Waals surface area contributed by atoms with E-state index < -0.39 is 23.7 Å². The van der Waals surface area contributed by atoms with Gasteiger partial charge in [0.15, 0.2) is 0 Å². The van der Waals surface area contributed by atoms with Crippen LogP contribution in [0.4, 0.5) is 0 Å². The van der Waals surface area contributed by atoms with Crippen molar-refractivity contribution >= 4 is 23.7 Å². The topological polar surface area (TPSA) is 91.8 Å². The van der Waals surface area contributed by atoms with Crippen LogP contribution < -0.4 is 36.9 Å². The summed E-state index contributed by atoms with van der Waals surface area (Å²) in [6, 6.07) is 46.5. The average molecular weight is 782 g/mol. The molecule has 0 saturated heterocycles. The molecular weight excluding hydrogens is 735 g/mol. The Hall–Kier alpha value is -4.87. The fraction of sp³-hybridized carbons (Fsp3) is 0.143. The van der Waals surface area contributed by atoms with Crippen molar-refractivity contribution in [2.24, 2.45) is 4.52 Å². The molecule has 0 radical (unpaired) electrons. The Morgan fingerprint density at radius 3 is 1.39 bits per heavy atom. The first-order chi connectivity index (χ1) is 26.0. The van der Waals surface area contributed by atoms with Gasteiger partial charge in [-0.05, 0) is 0 Å². The van der Waals surface area contributed by atoms with E-state index in [0.29, 0.717) is 34.5 Å². The summed E-state index contributed by atoms with van der Waals surface area (Å²) in [6.45, 7) is 12.1. The molecule has 0 aromatic heterocycles. The standard InChI is InChI=1S/C42H46N3O6P3/c1-31-22-25-40(34(4)28-31)49-52(46-37-16-10-7-11-17-37)43-53(47-38-18-12-8-13-19-38,50-41-26-23-32(2)29-35(41)5)45-54(44-52,48-39-20-14-9-15-21-39)51-42-27-24-33(3)30-36(42)6/h7-30,43-44,52-53H,1-6H3. The molecule has 0 spiro atoms. The van der Waals surface area contributed by atoms with Crippen molar-refractivity contribution in [2.75, 3.05) is 0 Å². The minimum atomic E-state index is -4.23. The molecule has 0 bridgehead atoms. The van der Waals surface area contributed by atoms with Crippen LogP contribution in [0.5, 0.6) is 34.5 Å². The first-order valence-electron chi connectivity index (χ1n) is 17.7. The normalized spacial score (nSPS) is 18.3. The van der Waals surface area contributed by atoms with Crippen molar-refractivity contribution in [3.63, 3.8) is 0 Å². The van der Waals surface area contributed by atoms with E-state index in [9.17, 15) is 0 Å². The Balaban J connectivity index is 1.53. The van der Waals surface area contributed by atoms with Gasteiger partial charge in [-0.15, -0.1) is 0 Å². The summed E-state index contributed by atoms with van der Waals surface area (Å²) < 4.78 is 48.0. The molecule has 0 amide bonds. The molecule has 1 aliphatic heterocycles. The van der Waals surface area contributed by atoms with E-state index in [-0.39, 0.29) is 0 Å². The number of aryl methyl sites for hydroxylation is 6. The van der Waals surface area contributed by atoms with Crippen LogP contribution in [-0.2, 0) is 0 Å². The van der Waals surface area contributed by atoms with E-state index in [1.807, 2.05) is 169 Å². The van der Waals surface area contributed by atoms with Gasteiger partial charge in [0.05, 0.1) is 0 Å². The fourth-order valence-electron chi connectivity index (χ4n) is 6.07. The summed E-state index contributed by atoms with van der Waals surface area (Å²) in [5.41, 5.74) is 6.01. The zero-order valence-corrected chi connectivity index (χ0v) is 34.1. The number of benzene rings is 6. The Labute approximate surface area is 319 Å². The average Bonchev–Trinajstić information content (AvgIpc) is 3.13. The Kier molecular flexibility index (Phi) is 11.0. The van der Waals surface area contributed by atoms with Crippen molar-refractivity contribution < 1.29 is 27.1 Å². The van der Waals surface area contributed by atoms with Gasteiger partial charge in [-0.25, -0.2) is 0 Å². The second kappa shape index (κ2) is 15.8. The molecule has 0 fully saturated rings. The van der Waals surface area contributed by atoms with Gasteiger partial charge in [-0.2, -0.15) is 0 Å². The van der Waals surface area contributed by atoms with E-state index in [1.54, 1.807) is 0 Å². The molecule has 6 aromatic rings. The van der Waals surface area contributed by atoms with Crippen LogP contribution in [0.15, 0.2) is 150 Å². The van der Waals surface area contributed by atoms with Crippen LogP contribution in [0.3, 0.4) is 0 Å². The summed E-state index contributed by atoms with van der Waals surface area (Å²) >= 11 is 0. The summed E-state index contributed by atoms with van der Waals surface area (Å²) in [5.74, 6) is 3.37. The van der Waals surface area contributed by atoms with Crippen molar-refractivity contribution in [1.82, 2.24) is 9.72 Å². The molecule has 7 rings (SSSR count). The second-order valence-electron chi connectivity index (χ2n) is 13.4. The monoisotopic (exact) mass is 781 g/mol. The molecule has 12 heteroatoms. The molecule has 1 aliphatic rings. The summed E-state index contributed by atoms with van der Waals surface area (Å²) in [6.07, 6.45) is 0. The molecule has 1 atom stereocenters. The summed E-state index contributed by atoms with van der Waals surface area (Å²) in [5, 5.41) is 0. The fourth-order valence-corrected chi connectivity index (χ4v) is 17.8. The minimum absolute atomic E-state index is 0.525. The third kappa shape index (κ3) is 8.90. The molecule has 54 heavy (non-hydrogen) atoms.